The molecule has 3 aromatic rings. The predicted octanol–water partition coefficient (Wildman–Crippen LogP) is 2.92. The Labute approximate surface area is 158 Å². The zero-order valence-corrected chi connectivity index (χ0v) is 16.2. The van der Waals surface area contributed by atoms with Gasteiger partial charge in [-0.3, -0.25) is 14.5 Å². The van der Waals surface area contributed by atoms with E-state index in [1.807, 2.05) is 36.7 Å². The van der Waals surface area contributed by atoms with Crippen LogP contribution in [0.2, 0.25) is 0 Å². The van der Waals surface area contributed by atoms with E-state index in [1.54, 1.807) is 36.7 Å². The summed E-state index contributed by atoms with van der Waals surface area (Å²) < 4.78 is 26.9. The summed E-state index contributed by atoms with van der Waals surface area (Å²) in [7, 11) is -1.41. The molecule has 3 rings (SSSR count). The molecule has 0 radical (unpaired) electrons. The highest BCUT2D eigenvalue weighted by Gasteiger charge is 2.18. The van der Waals surface area contributed by atoms with E-state index in [9.17, 15) is 13.2 Å². The fraction of sp³-hybridized carbons (Fsp3) is 0.200. The van der Waals surface area contributed by atoms with Gasteiger partial charge in [-0.15, -0.1) is 0 Å². The highest BCUT2D eigenvalue weighted by Crippen LogP contribution is 2.21. The standard InChI is InChI=1S/C20H21N3O3S/c1-14-11-18(12-15-6-8-17(9-7-15)22-27(3,25)26)23(2)19(14)20(24)16-5-4-10-21-13-16/h4-11,13,22H,12H2,1-3H3. The lowest BCUT2D eigenvalue weighted by atomic mass is 10.1. The molecule has 0 unspecified atom stereocenters. The van der Waals surface area contributed by atoms with Crippen molar-refractivity contribution in [3.8, 4) is 0 Å². The maximum absolute atomic E-state index is 12.8. The number of anilines is 1. The van der Waals surface area contributed by atoms with Gasteiger partial charge in [0.05, 0.1) is 11.9 Å². The first-order valence-electron chi connectivity index (χ1n) is 8.41. The second kappa shape index (κ2) is 7.36. The van der Waals surface area contributed by atoms with Gasteiger partial charge in [-0.1, -0.05) is 12.1 Å². The molecule has 0 bridgehead atoms. The molecule has 7 heteroatoms. The Morgan fingerprint density at radius 1 is 1.19 bits per heavy atom. The molecule has 0 saturated heterocycles. The lowest BCUT2D eigenvalue weighted by Gasteiger charge is -2.09. The summed E-state index contributed by atoms with van der Waals surface area (Å²) in [4.78, 5) is 16.8. The predicted molar refractivity (Wildman–Crippen MR) is 106 cm³/mol. The van der Waals surface area contributed by atoms with E-state index >= 15 is 0 Å². The summed E-state index contributed by atoms with van der Waals surface area (Å²) in [6.07, 6.45) is 4.97. The summed E-state index contributed by atoms with van der Waals surface area (Å²) in [5.41, 5.74) is 4.67. The summed E-state index contributed by atoms with van der Waals surface area (Å²) in [6.45, 7) is 1.92. The molecule has 0 saturated carbocycles. The van der Waals surface area contributed by atoms with E-state index in [1.165, 1.54) is 0 Å². The number of hydrogen-bond acceptors (Lipinski definition) is 4. The van der Waals surface area contributed by atoms with Gasteiger partial charge < -0.3 is 4.57 Å². The van der Waals surface area contributed by atoms with Crippen molar-refractivity contribution in [3.05, 3.63) is 82.9 Å². The molecular weight excluding hydrogens is 362 g/mol. The molecule has 1 N–H and O–H groups in total. The summed E-state index contributed by atoms with van der Waals surface area (Å²) in [5.74, 6) is -0.0537. The quantitative estimate of drug-likeness (QED) is 0.664. The van der Waals surface area contributed by atoms with Gasteiger partial charge in [0.25, 0.3) is 0 Å². The Balaban J connectivity index is 1.84. The van der Waals surface area contributed by atoms with Gasteiger partial charge in [0.1, 0.15) is 0 Å². The molecule has 0 aliphatic rings. The van der Waals surface area contributed by atoms with Gasteiger partial charge in [0.2, 0.25) is 15.8 Å². The van der Waals surface area contributed by atoms with Crippen molar-refractivity contribution in [2.75, 3.05) is 11.0 Å². The molecule has 0 amide bonds. The Bertz CT molecular complexity index is 1070. The van der Waals surface area contributed by atoms with Crippen molar-refractivity contribution in [3.63, 3.8) is 0 Å². The third-order valence-corrected chi connectivity index (χ3v) is 4.91. The second-order valence-electron chi connectivity index (χ2n) is 6.55. The molecule has 6 nitrogen and oxygen atoms in total. The van der Waals surface area contributed by atoms with E-state index in [0.29, 0.717) is 23.4 Å². The van der Waals surface area contributed by atoms with Crippen LogP contribution in [0.15, 0.2) is 54.9 Å². The number of aromatic nitrogens is 2. The van der Waals surface area contributed by atoms with Crippen LogP contribution in [0.4, 0.5) is 5.69 Å². The number of nitrogens with zero attached hydrogens (tertiary/aromatic N) is 2. The van der Waals surface area contributed by atoms with Crippen LogP contribution in [0.25, 0.3) is 0 Å². The first kappa shape index (κ1) is 18.8. The van der Waals surface area contributed by atoms with Crippen LogP contribution in [0.3, 0.4) is 0 Å². The minimum absolute atomic E-state index is 0.0537. The van der Waals surface area contributed by atoms with Crippen molar-refractivity contribution < 1.29 is 13.2 Å². The largest absolute Gasteiger partial charge is 0.344 e. The highest BCUT2D eigenvalue weighted by atomic mass is 32.2. The normalized spacial score (nSPS) is 11.4. The number of ketones is 1. The third kappa shape index (κ3) is 4.43. The van der Waals surface area contributed by atoms with Crippen LogP contribution in [-0.2, 0) is 23.5 Å². The summed E-state index contributed by atoms with van der Waals surface area (Å²) in [6, 6.07) is 12.7. The van der Waals surface area contributed by atoms with Crippen molar-refractivity contribution in [2.24, 2.45) is 7.05 Å². The molecule has 0 spiro atoms. The van der Waals surface area contributed by atoms with Gasteiger partial charge in [-0.25, -0.2) is 8.42 Å². The van der Waals surface area contributed by atoms with E-state index < -0.39 is 10.0 Å². The fourth-order valence-corrected chi connectivity index (χ4v) is 3.64. The molecule has 0 aliphatic heterocycles. The average molecular weight is 383 g/mol. The number of aryl methyl sites for hydroxylation is 1. The molecular formula is C20H21N3O3S. The molecule has 2 aromatic heterocycles. The van der Waals surface area contributed by atoms with Crippen LogP contribution in [0.1, 0.15) is 32.9 Å². The maximum Gasteiger partial charge on any atom is 0.229 e. The van der Waals surface area contributed by atoms with E-state index in [4.69, 9.17) is 0 Å². The van der Waals surface area contributed by atoms with Crippen molar-refractivity contribution >= 4 is 21.5 Å². The Kier molecular flexibility index (Phi) is 5.14. The Morgan fingerprint density at radius 3 is 2.48 bits per heavy atom. The molecule has 27 heavy (non-hydrogen) atoms. The number of benzene rings is 1. The topological polar surface area (TPSA) is 81.1 Å². The SMILES string of the molecule is Cc1cc(Cc2ccc(NS(C)(=O)=O)cc2)n(C)c1C(=O)c1cccnc1. The second-order valence-corrected chi connectivity index (χ2v) is 8.29. The first-order valence-corrected chi connectivity index (χ1v) is 10.3. The van der Waals surface area contributed by atoms with Crippen molar-refractivity contribution in [2.45, 2.75) is 13.3 Å². The molecule has 2 heterocycles. The lowest BCUT2D eigenvalue weighted by Crippen LogP contribution is -2.11. The van der Waals surface area contributed by atoms with Crippen LogP contribution in [0, 0.1) is 6.92 Å². The van der Waals surface area contributed by atoms with Gasteiger partial charge >= 0.3 is 0 Å². The Hall–Kier alpha value is -2.93. The third-order valence-electron chi connectivity index (χ3n) is 4.30. The van der Waals surface area contributed by atoms with Gasteiger partial charge in [-0.05, 0) is 48.4 Å². The van der Waals surface area contributed by atoms with Crippen molar-refractivity contribution in [1.29, 1.82) is 0 Å². The molecule has 1 aromatic carbocycles. The highest BCUT2D eigenvalue weighted by molar-refractivity contribution is 7.92. The fourth-order valence-electron chi connectivity index (χ4n) is 3.07. The minimum atomic E-state index is -3.29. The van der Waals surface area contributed by atoms with Crippen LogP contribution in [-0.4, -0.2) is 30.0 Å². The van der Waals surface area contributed by atoms with Crippen LogP contribution < -0.4 is 4.72 Å². The van der Waals surface area contributed by atoms with Gasteiger partial charge in [0.15, 0.2) is 0 Å². The van der Waals surface area contributed by atoms with Crippen LogP contribution in [0.5, 0.6) is 0 Å². The number of pyridine rings is 1. The number of rotatable bonds is 6. The number of carbonyl (C=O) groups is 1. The number of nitrogens with one attached hydrogen (secondary N) is 1. The van der Waals surface area contributed by atoms with Crippen LogP contribution >= 0.6 is 0 Å². The molecule has 0 fully saturated rings. The average Bonchev–Trinajstić information content (AvgIpc) is 2.89. The van der Waals surface area contributed by atoms with E-state index in [0.717, 1.165) is 23.1 Å². The Morgan fingerprint density at radius 2 is 1.89 bits per heavy atom. The monoisotopic (exact) mass is 383 g/mol. The molecule has 0 aliphatic carbocycles. The number of sulfonamides is 1. The molecule has 140 valence electrons. The smallest absolute Gasteiger partial charge is 0.229 e. The zero-order chi connectivity index (χ0) is 19.6. The number of hydrogen-bond donors (Lipinski definition) is 1. The lowest BCUT2D eigenvalue weighted by molar-refractivity contribution is 0.103. The number of carbonyl (C=O) groups excluding carboxylic acids is 1. The maximum atomic E-state index is 12.8. The zero-order valence-electron chi connectivity index (χ0n) is 15.4. The van der Waals surface area contributed by atoms with Crippen molar-refractivity contribution in [1.82, 2.24) is 9.55 Å². The van der Waals surface area contributed by atoms with E-state index in [2.05, 4.69) is 9.71 Å². The summed E-state index contributed by atoms with van der Waals surface area (Å²) >= 11 is 0. The van der Waals surface area contributed by atoms with Gasteiger partial charge in [0, 0.05) is 42.8 Å². The van der Waals surface area contributed by atoms with E-state index in [-0.39, 0.29) is 5.78 Å². The van der Waals surface area contributed by atoms with Gasteiger partial charge in [-0.2, -0.15) is 0 Å². The summed E-state index contributed by atoms with van der Waals surface area (Å²) in [5, 5.41) is 0. The first-order chi connectivity index (χ1) is 12.7. The molecule has 0 atom stereocenters. The minimum Gasteiger partial charge on any atom is -0.344 e.